The SMILES string of the molecule is CSCCC(NC(=O)c1ccco1)C(=O)Nc1ccc(Nc2ccccc2)cc1. The summed E-state index contributed by atoms with van der Waals surface area (Å²) in [6.07, 6.45) is 3.91. The fraction of sp³-hybridized carbons (Fsp3) is 0.182. The molecule has 0 spiro atoms. The van der Waals surface area contributed by atoms with Gasteiger partial charge >= 0.3 is 0 Å². The Balaban J connectivity index is 1.61. The second-order valence-electron chi connectivity index (χ2n) is 6.34. The summed E-state index contributed by atoms with van der Waals surface area (Å²) in [6.45, 7) is 0. The molecule has 150 valence electrons. The number of anilines is 3. The average Bonchev–Trinajstić information content (AvgIpc) is 3.28. The summed E-state index contributed by atoms with van der Waals surface area (Å²) in [6, 6.07) is 19.8. The van der Waals surface area contributed by atoms with Crippen LogP contribution in [0.4, 0.5) is 17.1 Å². The summed E-state index contributed by atoms with van der Waals surface area (Å²) in [5.41, 5.74) is 2.57. The third-order valence-corrected chi connectivity index (χ3v) is 4.84. The molecule has 1 unspecified atom stereocenters. The molecule has 1 atom stereocenters. The first-order chi connectivity index (χ1) is 14.2. The predicted octanol–water partition coefficient (Wildman–Crippen LogP) is 4.51. The summed E-state index contributed by atoms with van der Waals surface area (Å²) in [5, 5.41) is 8.91. The molecule has 0 saturated carbocycles. The van der Waals surface area contributed by atoms with Gasteiger partial charge in [0.15, 0.2) is 5.76 Å². The minimum absolute atomic E-state index is 0.184. The maximum atomic E-state index is 12.7. The lowest BCUT2D eigenvalue weighted by Gasteiger charge is -2.18. The van der Waals surface area contributed by atoms with Gasteiger partial charge in [0.25, 0.3) is 5.91 Å². The van der Waals surface area contributed by atoms with Crippen LogP contribution in [0, 0.1) is 0 Å². The molecular formula is C22H23N3O3S. The zero-order valence-corrected chi connectivity index (χ0v) is 16.9. The molecule has 1 aromatic heterocycles. The number of amides is 2. The van der Waals surface area contributed by atoms with Crippen molar-refractivity contribution in [1.82, 2.24) is 5.32 Å². The van der Waals surface area contributed by atoms with Crippen molar-refractivity contribution in [1.29, 1.82) is 0 Å². The zero-order chi connectivity index (χ0) is 20.5. The van der Waals surface area contributed by atoms with Crippen LogP contribution in [0.3, 0.4) is 0 Å². The third kappa shape index (κ3) is 6.15. The fourth-order valence-electron chi connectivity index (χ4n) is 2.70. The molecule has 0 fully saturated rings. The second-order valence-corrected chi connectivity index (χ2v) is 7.33. The first-order valence-electron chi connectivity index (χ1n) is 9.22. The van der Waals surface area contributed by atoms with Crippen molar-refractivity contribution in [2.45, 2.75) is 12.5 Å². The van der Waals surface area contributed by atoms with Crippen LogP contribution in [0.25, 0.3) is 0 Å². The Labute approximate surface area is 174 Å². The Morgan fingerprint density at radius 2 is 1.62 bits per heavy atom. The number of benzene rings is 2. The van der Waals surface area contributed by atoms with Gasteiger partial charge in [-0.05, 0) is 67.0 Å². The van der Waals surface area contributed by atoms with Crippen LogP contribution in [0.5, 0.6) is 0 Å². The second kappa shape index (κ2) is 10.4. The maximum Gasteiger partial charge on any atom is 0.287 e. The molecule has 3 rings (SSSR count). The van der Waals surface area contributed by atoms with Gasteiger partial charge in [-0.1, -0.05) is 18.2 Å². The van der Waals surface area contributed by atoms with Crippen LogP contribution >= 0.6 is 11.8 Å². The number of carbonyl (C=O) groups is 2. The largest absolute Gasteiger partial charge is 0.459 e. The molecule has 0 aliphatic rings. The number of hydrogen-bond acceptors (Lipinski definition) is 5. The lowest BCUT2D eigenvalue weighted by Crippen LogP contribution is -2.44. The minimum Gasteiger partial charge on any atom is -0.459 e. The number of para-hydroxylation sites is 1. The van der Waals surface area contributed by atoms with Gasteiger partial charge in [-0.2, -0.15) is 11.8 Å². The highest BCUT2D eigenvalue weighted by atomic mass is 32.2. The van der Waals surface area contributed by atoms with Crippen LogP contribution in [-0.2, 0) is 4.79 Å². The number of nitrogens with one attached hydrogen (secondary N) is 3. The lowest BCUT2D eigenvalue weighted by molar-refractivity contribution is -0.118. The number of carbonyl (C=O) groups excluding carboxylic acids is 2. The molecule has 2 amide bonds. The van der Waals surface area contributed by atoms with Gasteiger partial charge < -0.3 is 20.4 Å². The van der Waals surface area contributed by atoms with Crippen LogP contribution in [0.2, 0.25) is 0 Å². The Kier molecular flexibility index (Phi) is 7.35. The lowest BCUT2D eigenvalue weighted by atomic mass is 10.2. The molecule has 0 saturated heterocycles. The van der Waals surface area contributed by atoms with E-state index in [1.807, 2.05) is 60.9 Å². The van der Waals surface area contributed by atoms with Gasteiger partial charge in [0, 0.05) is 17.1 Å². The molecule has 29 heavy (non-hydrogen) atoms. The highest BCUT2D eigenvalue weighted by molar-refractivity contribution is 7.98. The smallest absolute Gasteiger partial charge is 0.287 e. The number of furan rings is 1. The molecular weight excluding hydrogens is 386 g/mol. The van der Waals surface area contributed by atoms with Crippen LogP contribution in [0.15, 0.2) is 77.4 Å². The van der Waals surface area contributed by atoms with E-state index in [0.29, 0.717) is 12.1 Å². The standard InChI is InChI=1S/C22H23N3O3S/c1-29-15-13-19(25-22(27)20-8-5-14-28-20)21(26)24-18-11-9-17(10-12-18)23-16-6-3-2-4-7-16/h2-12,14,19,23H,13,15H2,1H3,(H,24,26)(H,25,27). The van der Waals surface area contributed by atoms with E-state index in [1.54, 1.807) is 23.9 Å². The quantitative estimate of drug-likeness (QED) is 0.484. The van der Waals surface area contributed by atoms with Gasteiger partial charge in [-0.3, -0.25) is 9.59 Å². The highest BCUT2D eigenvalue weighted by Gasteiger charge is 2.22. The maximum absolute atomic E-state index is 12.7. The molecule has 3 aromatic rings. The van der Waals surface area contributed by atoms with Crippen molar-refractivity contribution in [2.24, 2.45) is 0 Å². The van der Waals surface area contributed by atoms with E-state index >= 15 is 0 Å². The summed E-state index contributed by atoms with van der Waals surface area (Å²) in [7, 11) is 0. The van der Waals surface area contributed by atoms with E-state index in [1.165, 1.54) is 6.26 Å². The monoisotopic (exact) mass is 409 g/mol. The van der Waals surface area contributed by atoms with Crippen molar-refractivity contribution in [3.63, 3.8) is 0 Å². The van der Waals surface area contributed by atoms with Crippen molar-refractivity contribution in [2.75, 3.05) is 22.6 Å². The van der Waals surface area contributed by atoms with Gasteiger partial charge in [0.2, 0.25) is 5.91 Å². The van der Waals surface area contributed by atoms with E-state index in [-0.39, 0.29) is 11.7 Å². The molecule has 6 nitrogen and oxygen atoms in total. The Bertz CT molecular complexity index is 912. The Morgan fingerprint density at radius 3 is 2.28 bits per heavy atom. The summed E-state index contributed by atoms with van der Waals surface area (Å²) in [5.74, 6) is 0.265. The predicted molar refractivity (Wildman–Crippen MR) is 118 cm³/mol. The van der Waals surface area contributed by atoms with Gasteiger partial charge in [-0.15, -0.1) is 0 Å². The van der Waals surface area contributed by atoms with E-state index in [2.05, 4.69) is 16.0 Å². The average molecular weight is 410 g/mol. The summed E-state index contributed by atoms with van der Waals surface area (Å²) in [4.78, 5) is 25.0. The van der Waals surface area contributed by atoms with Gasteiger partial charge in [0.05, 0.1) is 6.26 Å². The van der Waals surface area contributed by atoms with E-state index < -0.39 is 11.9 Å². The van der Waals surface area contributed by atoms with Crippen LogP contribution < -0.4 is 16.0 Å². The van der Waals surface area contributed by atoms with Crippen molar-refractivity contribution < 1.29 is 14.0 Å². The summed E-state index contributed by atoms with van der Waals surface area (Å²) >= 11 is 1.62. The van der Waals surface area contributed by atoms with Gasteiger partial charge in [-0.25, -0.2) is 0 Å². The topological polar surface area (TPSA) is 83.4 Å². The molecule has 3 N–H and O–H groups in total. The summed E-state index contributed by atoms with van der Waals surface area (Å²) < 4.78 is 5.10. The molecule has 0 aliphatic carbocycles. The van der Waals surface area contributed by atoms with E-state index in [0.717, 1.165) is 17.1 Å². The normalized spacial score (nSPS) is 11.5. The van der Waals surface area contributed by atoms with E-state index in [4.69, 9.17) is 4.42 Å². The molecule has 1 heterocycles. The number of thioether (sulfide) groups is 1. The van der Waals surface area contributed by atoms with Gasteiger partial charge in [0.1, 0.15) is 6.04 Å². The molecule has 2 aromatic carbocycles. The molecule has 0 radical (unpaired) electrons. The first-order valence-corrected chi connectivity index (χ1v) is 10.6. The minimum atomic E-state index is -0.651. The Morgan fingerprint density at radius 1 is 0.931 bits per heavy atom. The third-order valence-electron chi connectivity index (χ3n) is 4.19. The van der Waals surface area contributed by atoms with Crippen LogP contribution in [-0.4, -0.2) is 29.9 Å². The van der Waals surface area contributed by atoms with Crippen molar-refractivity contribution >= 4 is 40.6 Å². The molecule has 0 bridgehead atoms. The number of rotatable bonds is 9. The first kappa shape index (κ1) is 20.5. The zero-order valence-electron chi connectivity index (χ0n) is 16.1. The highest BCUT2D eigenvalue weighted by Crippen LogP contribution is 2.19. The fourth-order valence-corrected chi connectivity index (χ4v) is 3.17. The molecule has 7 heteroatoms. The van der Waals surface area contributed by atoms with E-state index in [9.17, 15) is 9.59 Å². The van der Waals surface area contributed by atoms with Crippen molar-refractivity contribution in [3.05, 3.63) is 78.8 Å². The molecule has 0 aliphatic heterocycles. The number of hydrogen-bond donors (Lipinski definition) is 3. The van der Waals surface area contributed by atoms with Crippen molar-refractivity contribution in [3.8, 4) is 0 Å². The Hall–Kier alpha value is -3.19. The van der Waals surface area contributed by atoms with Crippen LogP contribution in [0.1, 0.15) is 17.0 Å².